The number of hydrogen-bond acceptors (Lipinski definition) is 9. The van der Waals surface area contributed by atoms with Gasteiger partial charge in [0.1, 0.15) is 16.8 Å². The molecule has 4 amide bonds. The largest absolute Gasteiger partial charge is 0.471 e. The number of alkyl halides is 3. The number of rotatable bonds is 21. The lowest BCUT2D eigenvalue weighted by Gasteiger charge is -2.34. The Hall–Kier alpha value is -4.35. The normalized spacial score (nSPS) is 14.6. The van der Waals surface area contributed by atoms with Gasteiger partial charge in [0.05, 0.1) is 4.90 Å². The first kappa shape index (κ1) is 47.0. The van der Waals surface area contributed by atoms with Crippen LogP contribution in [0.1, 0.15) is 100.0 Å². The highest BCUT2D eigenvalue weighted by Crippen LogP contribution is 2.31. The molecule has 0 aliphatic carbocycles. The van der Waals surface area contributed by atoms with Gasteiger partial charge in [-0.3, -0.25) is 19.2 Å². The van der Waals surface area contributed by atoms with Crippen LogP contribution in [0, 0.1) is 17.8 Å². The Balaban J connectivity index is 1.73. The number of carbonyl (C=O) groups excluding carboxylic acids is 4. The minimum atomic E-state index is -5.06. The zero-order chi connectivity index (χ0) is 42.5. The molecule has 3 N–H and O–H groups in total. The van der Waals surface area contributed by atoms with Gasteiger partial charge in [-0.15, -0.1) is 11.3 Å². The Bertz CT molecular complexity index is 1890. The lowest BCUT2D eigenvalue weighted by atomic mass is 9.95. The van der Waals surface area contributed by atoms with Crippen LogP contribution in [0.15, 0.2) is 64.9 Å². The maximum Gasteiger partial charge on any atom is 0.471 e. The third-order valence-corrected chi connectivity index (χ3v) is 12.0. The number of aromatic nitrogens is 1. The van der Waals surface area contributed by atoms with Gasteiger partial charge in [0.2, 0.25) is 11.8 Å². The average Bonchev–Trinajstić information content (AvgIpc) is 3.65. The van der Waals surface area contributed by atoms with Crippen LogP contribution in [0.4, 0.5) is 13.2 Å². The van der Waals surface area contributed by atoms with E-state index in [0.717, 1.165) is 24.1 Å². The van der Waals surface area contributed by atoms with Gasteiger partial charge >= 0.3 is 12.1 Å². The van der Waals surface area contributed by atoms with Crippen LogP contribution >= 0.6 is 11.3 Å². The summed E-state index contributed by atoms with van der Waals surface area (Å²) in [6.45, 7) is 11.5. The van der Waals surface area contributed by atoms with Crippen molar-refractivity contribution in [3.63, 3.8) is 0 Å². The molecule has 0 radical (unpaired) electrons. The third kappa shape index (κ3) is 14.5. The summed E-state index contributed by atoms with van der Waals surface area (Å²) in [5.74, 6) is -3.88. The van der Waals surface area contributed by atoms with E-state index in [-0.39, 0.29) is 46.4 Å². The summed E-state index contributed by atoms with van der Waals surface area (Å²) in [4.78, 5) is 57.3. The maximum atomic E-state index is 13.7. The summed E-state index contributed by atoms with van der Waals surface area (Å²) < 4.78 is 71.8. The predicted octanol–water partition coefficient (Wildman–Crippen LogP) is 6.58. The number of thiazole rings is 1. The zero-order valence-electron chi connectivity index (χ0n) is 33.4. The molecule has 0 bridgehead atoms. The SMILES string of the molecule is CCO[C@H](C[C@H](C(C)C)N(C)C(=O)C[C@@H](C)CC)c1nc(C(=O)N[C@@H](Cc2ccccc2)C[C@H](C)C(=O)NS(=O)(=O)c2ccc(CNC(=O)C(F)(F)F)cc2)cs1. The number of benzene rings is 2. The zero-order valence-corrected chi connectivity index (χ0v) is 35.0. The van der Waals surface area contributed by atoms with E-state index in [2.05, 4.69) is 38.0 Å². The number of ether oxygens (including phenoxy) is 1. The molecule has 1 aromatic heterocycles. The van der Waals surface area contributed by atoms with E-state index in [9.17, 15) is 40.8 Å². The molecule has 314 valence electrons. The number of halogens is 3. The quantitative estimate of drug-likeness (QED) is 0.108. The molecule has 3 rings (SSSR count). The van der Waals surface area contributed by atoms with Gasteiger partial charge < -0.3 is 20.3 Å². The minimum absolute atomic E-state index is 0.0610. The van der Waals surface area contributed by atoms with Gasteiger partial charge in [-0.2, -0.15) is 13.2 Å². The maximum absolute atomic E-state index is 13.7. The molecule has 0 unspecified atom stereocenters. The Morgan fingerprint density at radius 1 is 0.930 bits per heavy atom. The summed E-state index contributed by atoms with van der Waals surface area (Å²) in [6.07, 6.45) is -3.30. The van der Waals surface area contributed by atoms with Crippen LogP contribution in [0.3, 0.4) is 0 Å². The van der Waals surface area contributed by atoms with Gasteiger partial charge in [0.15, 0.2) is 0 Å². The fourth-order valence-corrected chi connectivity index (χ4v) is 8.03. The van der Waals surface area contributed by atoms with Crippen LogP contribution in [0.5, 0.6) is 0 Å². The van der Waals surface area contributed by atoms with E-state index in [0.29, 0.717) is 30.9 Å². The number of sulfonamides is 1. The van der Waals surface area contributed by atoms with Crippen LogP contribution in [0.2, 0.25) is 0 Å². The molecule has 0 aliphatic heterocycles. The molecular formula is C40H54F3N5O7S2. The first-order valence-electron chi connectivity index (χ1n) is 18.9. The molecule has 12 nitrogen and oxygen atoms in total. The molecule has 0 saturated carbocycles. The summed E-state index contributed by atoms with van der Waals surface area (Å²) in [5.41, 5.74) is 1.24. The predicted molar refractivity (Wildman–Crippen MR) is 211 cm³/mol. The van der Waals surface area contributed by atoms with Crippen LogP contribution in [0.25, 0.3) is 0 Å². The smallest absolute Gasteiger partial charge is 0.371 e. The Kier molecular flexibility index (Phi) is 17.7. The minimum Gasteiger partial charge on any atom is -0.371 e. The van der Waals surface area contributed by atoms with E-state index >= 15 is 0 Å². The highest BCUT2D eigenvalue weighted by Gasteiger charge is 2.38. The molecule has 5 atom stereocenters. The van der Waals surface area contributed by atoms with Crippen molar-refractivity contribution in [2.75, 3.05) is 13.7 Å². The van der Waals surface area contributed by atoms with Crippen LogP contribution in [-0.4, -0.2) is 73.8 Å². The van der Waals surface area contributed by atoms with E-state index < -0.39 is 58.5 Å². The second kappa shape index (κ2) is 21.4. The standard InChI is InChI=1S/C40H54F3N5O7S2/c1-8-26(5)19-35(49)48(7)33(25(3)4)22-34(55-9-2)38-46-32(24-56-38)37(51)45-30(21-28-13-11-10-12-14-28)20-27(6)36(50)47-57(53,54)31-17-15-29(16-18-31)23-44-39(52)40(41,42)43/h10-18,24-27,30,33-34H,8-9,19-23H2,1-7H3,(H,44,52)(H,45,51)(H,47,50)/t26-,27-,30+,33+,34+/m0/s1. The van der Waals surface area contributed by atoms with E-state index in [1.807, 2.05) is 49.0 Å². The number of hydrogen-bond donors (Lipinski definition) is 3. The van der Waals surface area contributed by atoms with E-state index in [1.165, 1.54) is 30.4 Å². The molecule has 17 heteroatoms. The van der Waals surface area contributed by atoms with Gasteiger partial charge in [0.25, 0.3) is 15.9 Å². The molecule has 2 aromatic carbocycles. The second-order valence-electron chi connectivity index (χ2n) is 14.6. The fourth-order valence-electron chi connectivity index (χ4n) is 6.10. The molecule has 0 saturated heterocycles. The second-order valence-corrected chi connectivity index (χ2v) is 17.1. The molecule has 3 aromatic rings. The fraction of sp³-hybridized carbons (Fsp3) is 0.525. The summed E-state index contributed by atoms with van der Waals surface area (Å²) in [6, 6.07) is 13.2. The van der Waals surface area contributed by atoms with Crippen LogP contribution in [-0.2, 0) is 42.1 Å². The van der Waals surface area contributed by atoms with Crippen molar-refractivity contribution in [2.24, 2.45) is 17.8 Å². The summed E-state index contributed by atoms with van der Waals surface area (Å²) in [7, 11) is -2.56. The molecule has 1 heterocycles. The first-order valence-corrected chi connectivity index (χ1v) is 21.3. The van der Waals surface area contributed by atoms with Gasteiger partial charge in [-0.05, 0) is 54.9 Å². The topological polar surface area (TPSA) is 164 Å². The molecule has 57 heavy (non-hydrogen) atoms. The summed E-state index contributed by atoms with van der Waals surface area (Å²) in [5, 5.41) is 6.91. The number of amides is 4. The van der Waals surface area contributed by atoms with Crippen molar-refractivity contribution in [2.45, 2.75) is 109 Å². The number of carbonyl (C=O) groups is 4. The molecule has 0 spiro atoms. The Labute approximate surface area is 337 Å². The van der Waals surface area contributed by atoms with Crippen molar-refractivity contribution in [1.29, 1.82) is 0 Å². The van der Waals surface area contributed by atoms with Crippen molar-refractivity contribution < 1.29 is 45.5 Å². The van der Waals surface area contributed by atoms with Gasteiger partial charge in [-0.1, -0.05) is 83.5 Å². The lowest BCUT2D eigenvalue weighted by Crippen LogP contribution is -2.42. The van der Waals surface area contributed by atoms with E-state index in [1.54, 1.807) is 15.6 Å². The highest BCUT2D eigenvalue weighted by molar-refractivity contribution is 7.90. The Morgan fingerprint density at radius 2 is 1.58 bits per heavy atom. The highest BCUT2D eigenvalue weighted by atomic mass is 32.2. The summed E-state index contributed by atoms with van der Waals surface area (Å²) >= 11 is 1.28. The van der Waals surface area contributed by atoms with Crippen molar-refractivity contribution in [3.05, 3.63) is 81.8 Å². The van der Waals surface area contributed by atoms with Crippen LogP contribution < -0.4 is 15.4 Å². The molecule has 0 aliphatic rings. The monoisotopic (exact) mass is 837 g/mol. The third-order valence-electron chi connectivity index (χ3n) is 9.66. The number of nitrogens with one attached hydrogen (secondary N) is 3. The molecular weight excluding hydrogens is 784 g/mol. The first-order chi connectivity index (χ1) is 26.7. The average molecular weight is 838 g/mol. The van der Waals surface area contributed by atoms with Crippen molar-refractivity contribution >= 4 is 45.0 Å². The molecule has 0 fully saturated rings. The van der Waals surface area contributed by atoms with Crippen molar-refractivity contribution in [3.8, 4) is 0 Å². The van der Waals surface area contributed by atoms with Crippen molar-refractivity contribution in [1.82, 2.24) is 25.2 Å². The van der Waals surface area contributed by atoms with Gasteiger partial charge in [0, 0.05) is 56.4 Å². The van der Waals surface area contributed by atoms with Gasteiger partial charge in [-0.25, -0.2) is 18.1 Å². The Morgan fingerprint density at radius 3 is 2.16 bits per heavy atom. The lowest BCUT2D eigenvalue weighted by molar-refractivity contribution is -0.173. The van der Waals surface area contributed by atoms with E-state index in [4.69, 9.17) is 4.74 Å². The number of nitrogens with zero attached hydrogens (tertiary/aromatic N) is 2.